The zero-order chi connectivity index (χ0) is 11.4. The molecule has 0 N–H and O–H groups in total. The van der Waals surface area contributed by atoms with Gasteiger partial charge in [0.2, 0.25) is 0 Å². The Bertz CT molecular complexity index is 491. The Labute approximate surface area is 94.3 Å². The second-order valence-corrected chi connectivity index (χ2v) is 3.52. The molecule has 0 bridgehead atoms. The molecule has 0 spiro atoms. The Morgan fingerprint density at radius 2 is 1.94 bits per heavy atom. The SMILES string of the molecule is COc1ccc(C2=CCC(=[N+]=[N-])C=C2)cc1. The van der Waals surface area contributed by atoms with Gasteiger partial charge >= 0.3 is 0 Å². The maximum Gasteiger partial charge on any atom is 0.295 e. The second kappa shape index (κ2) is 4.60. The number of methoxy groups -OCH3 is 1. The van der Waals surface area contributed by atoms with E-state index >= 15 is 0 Å². The molecule has 0 fully saturated rings. The first-order chi connectivity index (χ1) is 7.83. The molecule has 0 heterocycles. The molecule has 0 saturated heterocycles. The number of allylic oxidation sites excluding steroid dienone is 4. The largest absolute Gasteiger partial charge is 0.497 e. The summed E-state index contributed by atoms with van der Waals surface area (Å²) in [6.45, 7) is 0. The third kappa shape index (κ3) is 2.10. The molecule has 80 valence electrons. The normalized spacial score (nSPS) is 14.3. The first-order valence-electron chi connectivity index (χ1n) is 5.07. The van der Waals surface area contributed by atoms with Crippen molar-refractivity contribution in [2.45, 2.75) is 6.42 Å². The van der Waals surface area contributed by atoms with Crippen molar-refractivity contribution in [1.29, 1.82) is 0 Å². The summed E-state index contributed by atoms with van der Waals surface area (Å²) < 4.78 is 5.10. The van der Waals surface area contributed by atoms with Gasteiger partial charge in [-0.05, 0) is 29.3 Å². The monoisotopic (exact) mass is 212 g/mol. The van der Waals surface area contributed by atoms with Gasteiger partial charge in [0.25, 0.3) is 5.71 Å². The van der Waals surface area contributed by atoms with E-state index in [0.29, 0.717) is 12.1 Å². The van der Waals surface area contributed by atoms with Crippen LogP contribution in [0.2, 0.25) is 0 Å². The second-order valence-electron chi connectivity index (χ2n) is 3.52. The number of hydrogen-bond donors (Lipinski definition) is 0. The van der Waals surface area contributed by atoms with E-state index in [1.165, 1.54) is 0 Å². The van der Waals surface area contributed by atoms with Gasteiger partial charge < -0.3 is 10.3 Å². The average molecular weight is 212 g/mol. The Hall–Kier alpha value is -2.12. The lowest BCUT2D eigenvalue weighted by Gasteiger charge is -2.06. The van der Waals surface area contributed by atoms with Gasteiger partial charge in [-0.25, -0.2) is 0 Å². The van der Waals surface area contributed by atoms with Gasteiger partial charge in [0.1, 0.15) is 5.75 Å². The third-order valence-corrected chi connectivity index (χ3v) is 2.54. The standard InChI is InChI=1S/C13H12N2O/c1-16-13-8-4-11(5-9-13)10-2-6-12(15-14)7-3-10/h2-6,8-9H,7H2,1H3. The van der Waals surface area contributed by atoms with E-state index in [-0.39, 0.29) is 0 Å². The molecule has 0 aromatic heterocycles. The third-order valence-electron chi connectivity index (χ3n) is 2.54. The van der Waals surface area contributed by atoms with E-state index in [4.69, 9.17) is 10.3 Å². The van der Waals surface area contributed by atoms with Crippen molar-refractivity contribution in [1.82, 2.24) is 0 Å². The van der Waals surface area contributed by atoms with E-state index in [1.807, 2.05) is 42.5 Å². The minimum absolute atomic E-state index is 0.661. The number of ether oxygens (including phenoxy) is 1. The molecule has 2 rings (SSSR count). The number of benzene rings is 1. The number of rotatable bonds is 2. The van der Waals surface area contributed by atoms with Crippen LogP contribution in [-0.4, -0.2) is 17.6 Å². The van der Waals surface area contributed by atoms with E-state index in [9.17, 15) is 0 Å². The summed E-state index contributed by atoms with van der Waals surface area (Å²) in [5.41, 5.74) is 11.6. The van der Waals surface area contributed by atoms with Gasteiger partial charge in [-0.2, -0.15) is 4.79 Å². The van der Waals surface area contributed by atoms with Crippen molar-refractivity contribution in [2.24, 2.45) is 0 Å². The predicted octanol–water partition coefficient (Wildman–Crippen LogP) is 2.71. The van der Waals surface area contributed by atoms with E-state index in [0.717, 1.165) is 16.9 Å². The van der Waals surface area contributed by atoms with Gasteiger partial charge in [-0.1, -0.05) is 18.2 Å². The molecule has 0 saturated carbocycles. The summed E-state index contributed by atoms with van der Waals surface area (Å²) >= 11 is 0. The quantitative estimate of drug-likeness (QED) is 0.549. The highest BCUT2D eigenvalue weighted by molar-refractivity contribution is 5.98. The fourth-order valence-electron chi connectivity index (χ4n) is 1.61. The summed E-state index contributed by atoms with van der Waals surface area (Å²) in [6.07, 6.45) is 6.46. The van der Waals surface area contributed by atoms with Gasteiger partial charge in [0.15, 0.2) is 0 Å². The lowest BCUT2D eigenvalue weighted by atomic mass is 9.99. The van der Waals surface area contributed by atoms with Crippen LogP contribution in [0.15, 0.2) is 42.5 Å². The first-order valence-corrected chi connectivity index (χ1v) is 5.07. The number of nitrogens with zero attached hydrogens (tertiary/aromatic N) is 2. The summed E-state index contributed by atoms with van der Waals surface area (Å²) in [5, 5.41) is 0. The van der Waals surface area contributed by atoms with Crippen LogP contribution in [0.1, 0.15) is 12.0 Å². The van der Waals surface area contributed by atoms with E-state index < -0.39 is 0 Å². The highest BCUT2D eigenvalue weighted by atomic mass is 16.5. The zero-order valence-electron chi connectivity index (χ0n) is 9.05. The van der Waals surface area contributed by atoms with Crippen LogP contribution in [0.5, 0.6) is 5.75 Å². The fourth-order valence-corrected chi connectivity index (χ4v) is 1.61. The molecule has 1 aromatic carbocycles. The summed E-state index contributed by atoms with van der Waals surface area (Å²) in [4.78, 5) is 3.17. The van der Waals surface area contributed by atoms with Gasteiger partial charge in [-0.15, -0.1) is 0 Å². The molecule has 3 heteroatoms. The van der Waals surface area contributed by atoms with Crippen molar-refractivity contribution in [3.63, 3.8) is 0 Å². The van der Waals surface area contributed by atoms with Gasteiger partial charge in [0, 0.05) is 6.08 Å². The van der Waals surface area contributed by atoms with Crippen LogP contribution in [0.25, 0.3) is 11.1 Å². The van der Waals surface area contributed by atoms with Crippen molar-refractivity contribution in [3.8, 4) is 5.75 Å². The maximum absolute atomic E-state index is 8.61. The lowest BCUT2D eigenvalue weighted by molar-refractivity contribution is -0.00535. The Balaban J connectivity index is 2.23. The summed E-state index contributed by atoms with van der Waals surface area (Å²) in [5.74, 6) is 0.849. The summed E-state index contributed by atoms with van der Waals surface area (Å²) in [6, 6.07) is 7.88. The Morgan fingerprint density at radius 3 is 2.44 bits per heavy atom. The molecule has 0 unspecified atom stereocenters. The highest BCUT2D eigenvalue weighted by Crippen LogP contribution is 2.22. The molecule has 0 amide bonds. The molecule has 1 aliphatic rings. The van der Waals surface area contributed by atoms with E-state index in [1.54, 1.807) is 7.11 Å². The van der Waals surface area contributed by atoms with Gasteiger partial charge in [0.05, 0.1) is 13.5 Å². The molecule has 0 atom stereocenters. The zero-order valence-corrected chi connectivity index (χ0v) is 9.05. The molecule has 1 aliphatic carbocycles. The van der Waals surface area contributed by atoms with Crippen molar-refractivity contribution in [2.75, 3.05) is 7.11 Å². The van der Waals surface area contributed by atoms with Crippen LogP contribution in [0.3, 0.4) is 0 Å². The van der Waals surface area contributed by atoms with Gasteiger partial charge in [-0.3, -0.25) is 0 Å². The highest BCUT2D eigenvalue weighted by Gasteiger charge is 2.09. The van der Waals surface area contributed by atoms with Crippen LogP contribution in [0.4, 0.5) is 0 Å². The molecule has 0 radical (unpaired) electrons. The average Bonchev–Trinajstić information content (AvgIpc) is 2.39. The first kappa shape index (κ1) is 10.4. The van der Waals surface area contributed by atoms with Crippen LogP contribution in [0, 0.1) is 0 Å². The Morgan fingerprint density at radius 1 is 1.19 bits per heavy atom. The molecular formula is C13H12N2O. The minimum Gasteiger partial charge on any atom is -0.497 e. The predicted molar refractivity (Wildman–Crippen MR) is 63.4 cm³/mol. The van der Waals surface area contributed by atoms with E-state index in [2.05, 4.69) is 4.79 Å². The molecule has 0 aliphatic heterocycles. The summed E-state index contributed by atoms with van der Waals surface area (Å²) in [7, 11) is 1.65. The van der Waals surface area contributed by atoms with Crippen molar-refractivity contribution in [3.05, 3.63) is 53.6 Å². The topological polar surface area (TPSA) is 45.6 Å². The molecule has 3 nitrogen and oxygen atoms in total. The van der Waals surface area contributed by atoms with Crippen LogP contribution in [-0.2, 0) is 0 Å². The maximum atomic E-state index is 8.61. The van der Waals surface area contributed by atoms with Crippen molar-refractivity contribution >= 4 is 11.3 Å². The van der Waals surface area contributed by atoms with Crippen LogP contribution < -0.4 is 4.74 Å². The number of hydrogen-bond acceptors (Lipinski definition) is 1. The smallest absolute Gasteiger partial charge is 0.295 e. The molecule has 16 heavy (non-hydrogen) atoms. The Kier molecular flexibility index (Phi) is 2.99. The van der Waals surface area contributed by atoms with Crippen LogP contribution >= 0.6 is 0 Å². The minimum atomic E-state index is 0.661. The lowest BCUT2D eigenvalue weighted by Crippen LogP contribution is -1.98. The molecular weight excluding hydrogens is 200 g/mol. The fraction of sp³-hybridized carbons (Fsp3) is 0.154. The van der Waals surface area contributed by atoms with Crippen molar-refractivity contribution < 1.29 is 9.53 Å². The molecule has 1 aromatic rings.